The largest absolute Gasteiger partial charge is 0.480 e. The molecule has 6 nitrogen and oxygen atoms in total. The van der Waals surface area contributed by atoms with Gasteiger partial charge in [-0.25, -0.2) is 0 Å². The highest BCUT2D eigenvalue weighted by atomic mass is 35.5. The molecule has 7 heteroatoms. The average molecular weight is 414 g/mol. The van der Waals surface area contributed by atoms with Crippen LogP contribution in [0.5, 0.6) is 5.75 Å². The zero-order chi connectivity index (χ0) is 21.2. The molecule has 29 heavy (non-hydrogen) atoms. The van der Waals surface area contributed by atoms with E-state index in [0.717, 1.165) is 0 Å². The third kappa shape index (κ3) is 3.51. The summed E-state index contributed by atoms with van der Waals surface area (Å²) in [6, 6.07) is 13.5. The van der Waals surface area contributed by atoms with E-state index in [1.54, 1.807) is 62.4 Å². The number of ether oxygens (including phenoxy) is 1. The Morgan fingerprint density at radius 1 is 1.03 bits per heavy atom. The number of aromatic nitrogens is 1. The summed E-state index contributed by atoms with van der Waals surface area (Å²) in [5, 5.41) is 10.4. The van der Waals surface area contributed by atoms with Gasteiger partial charge in [0.25, 0.3) is 0 Å². The summed E-state index contributed by atoms with van der Waals surface area (Å²) >= 11 is 6.25. The maximum atomic E-state index is 13.1. The topological polar surface area (TPSA) is 96.5 Å². The summed E-state index contributed by atoms with van der Waals surface area (Å²) in [5.74, 6) is -2.59. The third-order valence-electron chi connectivity index (χ3n) is 5.20. The number of carbonyl (C=O) groups excluding carboxylic acids is 2. The fourth-order valence-corrected chi connectivity index (χ4v) is 3.50. The van der Waals surface area contributed by atoms with Crippen molar-refractivity contribution < 1.29 is 24.2 Å². The van der Waals surface area contributed by atoms with Crippen molar-refractivity contribution in [2.45, 2.75) is 26.7 Å². The molecule has 0 saturated carbocycles. The van der Waals surface area contributed by atoms with Gasteiger partial charge < -0.3 is 14.8 Å². The number of rotatable bonds is 7. The number of esters is 1. The van der Waals surface area contributed by atoms with E-state index in [9.17, 15) is 19.5 Å². The second-order valence-corrected chi connectivity index (χ2v) is 7.08. The molecule has 0 saturated heterocycles. The van der Waals surface area contributed by atoms with Gasteiger partial charge in [-0.05, 0) is 25.0 Å². The van der Waals surface area contributed by atoms with Gasteiger partial charge in [-0.15, -0.1) is 0 Å². The van der Waals surface area contributed by atoms with E-state index >= 15 is 0 Å². The van der Waals surface area contributed by atoms with Gasteiger partial charge in [-0.3, -0.25) is 14.4 Å². The molecule has 3 rings (SSSR count). The van der Waals surface area contributed by atoms with Crippen LogP contribution in [0.3, 0.4) is 0 Å². The summed E-state index contributed by atoms with van der Waals surface area (Å²) in [7, 11) is 0. The molecule has 2 aromatic carbocycles. The van der Waals surface area contributed by atoms with Crippen LogP contribution in [0.15, 0.2) is 48.5 Å². The summed E-state index contributed by atoms with van der Waals surface area (Å²) in [4.78, 5) is 40.7. The Bertz CT molecular complexity index is 1080. The average Bonchev–Trinajstić information content (AvgIpc) is 3.09. The number of carboxylic acids is 1. The van der Waals surface area contributed by atoms with Gasteiger partial charge >= 0.3 is 11.9 Å². The lowest BCUT2D eigenvalue weighted by molar-refractivity contribution is -0.163. The van der Waals surface area contributed by atoms with Crippen molar-refractivity contribution in [3.05, 3.63) is 64.8 Å². The van der Waals surface area contributed by atoms with Crippen LogP contribution >= 0.6 is 11.6 Å². The van der Waals surface area contributed by atoms with Crippen LogP contribution in [0.4, 0.5) is 0 Å². The minimum absolute atomic E-state index is 0.0196. The zero-order valence-electron chi connectivity index (χ0n) is 16.0. The van der Waals surface area contributed by atoms with Gasteiger partial charge in [0, 0.05) is 10.9 Å². The number of carbonyl (C=O) groups is 3. The van der Waals surface area contributed by atoms with Gasteiger partial charge in [0.2, 0.25) is 5.78 Å². The number of nitrogens with one attached hydrogen (secondary N) is 1. The molecule has 3 aromatic rings. The Hall–Kier alpha value is -3.12. The standard InChI is InChI=1S/C22H20ClNO5/c1-3-22(4-2,20(26)27)21(28)29-19-14-11-8-12-15(23)16(14)24-17(19)18(25)13-9-6-5-7-10-13/h5-12,24H,3-4H2,1-2H3,(H,26,27). The number of aliphatic carboxylic acids is 1. The van der Waals surface area contributed by atoms with Crippen LogP contribution in [-0.4, -0.2) is 27.8 Å². The second-order valence-electron chi connectivity index (χ2n) is 6.67. The number of para-hydroxylation sites is 1. The molecule has 2 N–H and O–H groups in total. The molecule has 0 bridgehead atoms. The lowest BCUT2D eigenvalue weighted by atomic mass is 9.82. The SMILES string of the molecule is CCC(CC)(C(=O)O)C(=O)Oc1c(C(=O)c2ccccc2)[nH]c2c(Cl)cccc12. The molecule has 0 aliphatic heterocycles. The normalized spacial score (nSPS) is 11.4. The van der Waals surface area contributed by atoms with Crippen LogP contribution in [0.2, 0.25) is 5.02 Å². The molecule has 0 spiro atoms. The number of aromatic amines is 1. The van der Waals surface area contributed by atoms with E-state index in [-0.39, 0.29) is 24.3 Å². The number of hydrogen-bond acceptors (Lipinski definition) is 4. The maximum Gasteiger partial charge on any atom is 0.328 e. The third-order valence-corrected chi connectivity index (χ3v) is 5.52. The van der Waals surface area contributed by atoms with E-state index in [0.29, 0.717) is 21.5 Å². The number of ketones is 1. The maximum absolute atomic E-state index is 13.1. The van der Waals surface area contributed by atoms with E-state index in [2.05, 4.69) is 4.98 Å². The summed E-state index contributed by atoms with van der Waals surface area (Å²) in [5.41, 5.74) is -0.831. The minimum atomic E-state index is -1.70. The molecule has 0 aliphatic carbocycles. The predicted octanol–water partition coefficient (Wildman–Crippen LogP) is 4.85. The highest BCUT2D eigenvalue weighted by Gasteiger charge is 2.45. The van der Waals surface area contributed by atoms with Crippen molar-refractivity contribution in [3.63, 3.8) is 0 Å². The number of halogens is 1. The van der Waals surface area contributed by atoms with Gasteiger partial charge in [0.05, 0.1) is 10.5 Å². The first-order chi connectivity index (χ1) is 13.9. The fraction of sp³-hybridized carbons (Fsp3) is 0.227. The zero-order valence-corrected chi connectivity index (χ0v) is 16.7. The van der Waals surface area contributed by atoms with Gasteiger partial charge in [-0.1, -0.05) is 61.8 Å². The van der Waals surface area contributed by atoms with Crippen molar-refractivity contribution >= 4 is 40.2 Å². The molecule has 0 aliphatic rings. The van der Waals surface area contributed by atoms with Crippen molar-refractivity contribution in [2.24, 2.45) is 5.41 Å². The molecule has 0 amide bonds. The first-order valence-corrected chi connectivity index (χ1v) is 9.59. The molecular weight excluding hydrogens is 394 g/mol. The lowest BCUT2D eigenvalue weighted by Gasteiger charge is -2.24. The highest BCUT2D eigenvalue weighted by molar-refractivity contribution is 6.35. The summed E-state index contributed by atoms with van der Waals surface area (Å²) in [6.07, 6.45) is 0.117. The number of hydrogen-bond donors (Lipinski definition) is 2. The van der Waals surface area contributed by atoms with Crippen molar-refractivity contribution in [1.82, 2.24) is 4.98 Å². The monoisotopic (exact) mass is 413 g/mol. The van der Waals surface area contributed by atoms with Crippen LogP contribution in [-0.2, 0) is 9.59 Å². The number of H-pyrrole nitrogens is 1. The number of fused-ring (bicyclic) bond motifs is 1. The lowest BCUT2D eigenvalue weighted by Crippen LogP contribution is -2.41. The smallest absolute Gasteiger partial charge is 0.328 e. The molecule has 0 radical (unpaired) electrons. The molecule has 150 valence electrons. The Labute approximate surface area is 172 Å². The number of carboxylic acid groups (broad SMARTS) is 1. The van der Waals surface area contributed by atoms with Crippen molar-refractivity contribution in [2.75, 3.05) is 0 Å². The van der Waals surface area contributed by atoms with E-state index in [4.69, 9.17) is 16.3 Å². The van der Waals surface area contributed by atoms with Crippen molar-refractivity contribution in [1.29, 1.82) is 0 Å². The van der Waals surface area contributed by atoms with Gasteiger partial charge in [-0.2, -0.15) is 0 Å². The second kappa shape index (κ2) is 8.09. The quantitative estimate of drug-likeness (QED) is 0.328. The van der Waals surface area contributed by atoms with Gasteiger partial charge in [0.15, 0.2) is 11.2 Å². The van der Waals surface area contributed by atoms with E-state index in [1.165, 1.54) is 0 Å². The van der Waals surface area contributed by atoms with E-state index in [1.807, 2.05) is 0 Å². The predicted molar refractivity (Wildman–Crippen MR) is 109 cm³/mol. The molecule has 0 fully saturated rings. The molecular formula is C22H20ClNO5. The summed E-state index contributed by atoms with van der Waals surface area (Å²) < 4.78 is 5.57. The molecule has 0 unspecified atom stereocenters. The Morgan fingerprint density at radius 3 is 2.28 bits per heavy atom. The Morgan fingerprint density at radius 2 is 1.69 bits per heavy atom. The van der Waals surface area contributed by atoms with Crippen LogP contribution in [0.25, 0.3) is 10.9 Å². The van der Waals surface area contributed by atoms with Crippen LogP contribution < -0.4 is 4.74 Å². The fourth-order valence-electron chi connectivity index (χ4n) is 3.28. The van der Waals surface area contributed by atoms with Crippen molar-refractivity contribution in [3.8, 4) is 5.75 Å². The Balaban J connectivity index is 2.16. The minimum Gasteiger partial charge on any atom is -0.480 e. The van der Waals surface area contributed by atoms with E-state index < -0.39 is 23.1 Å². The van der Waals surface area contributed by atoms with Gasteiger partial charge in [0.1, 0.15) is 5.69 Å². The van der Waals surface area contributed by atoms with Crippen LogP contribution in [0.1, 0.15) is 42.7 Å². The first-order valence-electron chi connectivity index (χ1n) is 9.21. The Kier molecular flexibility index (Phi) is 5.75. The summed E-state index contributed by atoms with van der Waals surface area (Å²) in [6.45, 7) is 3.22. The molecule has 1 heterocycles. The van der Waals surface area contributed by atoms with Crippen LogP contribution in [0, 0.1) is 5.41 Å². The molecule has 0 atom stereocenters. The highest BCUT2D eigenvalue weighted by Crippen LogP contribution is 2.38. The number of benzene rings is 2. The molecule has 1 aromatic heterocycles. The first kappa shape index (κ1) is 20.6.